The van der Waals surface area contributed by atoms with Crippen LogP contribution < -0.4 is 0 Å². The van der Waals surface area contributed by atoms with E-state index in [1.807, 2.05) is 6.92 Å². The summed E-state index contributed by atoms with van der Waals surface area (Å²) in [6.07, 6.45) is 10.3. The number of Topliss-reactive ketones (excluding diaryl/α,β-unsaturated/α-hetero) is 1. The van der Waals surface area contributed by atoms with Crippen LogP contribution in [-0.4, -0.2) is 42.1 Å². The summed E-state index contributed by atoms with van der Waals surface area (Å²) >= 11 is 0. The Balaban J connectivity index is 2.77. The van der Waals surface area contributed by atoms with E-state index in [4.69, 9.17) is 9.47 Å². The van der Waals surface area contributed by atoms with Gasteiger partial charge in [-0.15, -0.1) is 0 Å². The van der Waals surface area contributed by atoms with Gasteiger partial charge in [0.05, 0.1) is 19.3 Å². The van der Waals surface area contributed by atoms with Gasteiger partial charge < -0.3 is 14.6 Å². The van der Waals surface area contributed by atoms with Crippen molar-refractivity contribution in [2.24, 2.45) is 17.3 Å². The molecule has 4 atom stereocenters. The van der Waals surface area contributed by atoms with Gasteiger partial charge in [0.25, 0.3) is 0 Å². The van der Waals surface area contributed by atoms with Gasteiger partial charge in [0.1, 0.15) is 11.2 Å². The molecule has 1 aliphatic rings. The molecule has 1 fully saturated rings. The molecular formula is C27H48O6. The van der Waals surface area contributed by atoms with Gasteiger partial charge in [-0.2, -0.15) is 0 Å². The van der Waals surface area contributed by atoms with Crippen LogP contribution in [0, 0.1) is 17.3 Å². The molecule has 0 saturated heterocycles. The Morgan fingerprint density at radius 1 is 1.00 bits per heavy atom. The maximum absolute atomic E-state index is 13.1. The van der Waals surface area contributed by atoms with E-state index in [0.717, 1.165) is 51.4 Å². The summed E-state index contributed by atoms with van der Waals surface area (Å²) in [6.45, 7) is 8.50. The van der Waals surface area contributed by atoms with E-state index in [0.29, 0.717) is 51.0 Å². The largest absolute Gasteiger partial charge is 0.466 e. The lowest BCUT2D eigenvalue weighted by Crippen LogP contribution is -2.42. The number of unbranched alkanes of at least 4 members (excludes halogenated alkanes) is 2. The van der Waals surface area contributed by atoms with Gasteiger partial charge in [-0.05, 0) is 64.2 Å². The Hall–Kier alpha value is -1.43. The molecule has 1 aliphatic carbocycles. The van der Waals surface area contributed by atoms with Gasteiger partial charge in [-0.25, -0.2) is 0 Å². The molecule has 33 heavy (non-hydrogen) atoms. The van der Waals surface area contributed by atoms with Gasteiger partial charge in [-0.3, -0.25) is 14.4 Å². The van der Waals surface area contributed by atoms with Crippen LogP contribution in [0.3, 0.4) is 0 Å². The smallest absolute Gasteiger partial charge is 0.319 e. The van der Waals surface area contributed by atoms with Crippen molar-refractivity contribution in [3.05, 3.63) is 0 Å². The fourth-order valence-corrected chi connectivity index (χ4v) is 5.32. The van der Waals surface area contributed by atoms with Crippen LogP contribution in [0.15, 0.2) is 0 Å². The number of rotatable bonds is 18. The predicted molar refractivity (Wildman–Crippen MR) is 130 cm³/mol. The third kappa shape index (κ3) is 9.38. The first-order chi connectivity index (χ1) is 15.8. The van der Waals surface area contributed by atoms with Crippen molar-refractivity contribution in [1.29, 1.82) is 0 Å². The first kappa shape index (κ1) is 29.6. The molecule has 0 radical (unpaired) electrons. The number of aliphatic hydroxyl groups excluding tert-OH is 1. The summed E-state index contributed by atoms with van der Waals surface area (Å²) in [5.74, 6) is -0.237. The minimum absolute atomic E-state index is 0.00555. The Morgan fingerprint density at radius 2 is 1.73 bits per heavy atom. The molecule has 6 nitrogen and oxygen atoms in total. The quantitative estimate of drug-likeness (QED) is 0.156. The zero-order valence-electron chi connectivity index (χ0n) is 21.5. The molecule has 1 rings (SSSR count). The number of ketones is 1. The van der Waals surface area contributed by atoms with Crippen LogP contribution >= 0.6 is 0 Å². The van der Waals surface area contributed by atoms with E-state index in [2.05, 4.69) is 13.8 Å². The van der Waals surface area contributed by atoms with Gasteiger partial charge >= 0.3 is 11.9 Å². The lowest BCUT2D eigenvalue weighted by Gasteiger charge is -2.33. The normalized spacial score (nSPS) is 22.2. The molecule has 6 heteroatoms. The summed E-state index contributed by atoms with van der Waals surface area (Å²) in [5, 5.41) is 10.4. The number of carbonyl (C=O) groups excluding carboxylic acids is 3. The van der Waals surface area contributed by atoms with Crippen molar-refractivity contribution >= 4 is 17.7 Å². The third-order valence-corrected chi connectivity index (χ3v) is 7.37. The van der Waals surface area contributed by atoms with E-state index in [-0.39, 0.29) is 36.4 Å². The van der Waals surface area contributed by atoms with Gasteiger partial charge in [0, 0.05) is 12.8 Å². The number of ether oxygens (including phenoxy) is 2. The number of aliphatic hydroxyl groups is 1. The Bertz CT molecular complexity index is 589. The SMILES string of the molecule is CCCCCC(O)CCC1CCC(=O)C1(CCCC(CC)CCC(=O)OCC)C(=O)OCC. The molecule has 1 N–H and O–H groups in total. The van der Waals surface area contributed by atoms with Crippen LogP contribution in [0.2, 0.25) is 0 Å². The van der Waals surface area contributed by atoms with Crippen LogP contribution in [0.1, 0.15) is 118 Å². The molecular weight excluding hydrogens is 420 g/mol. The Labute approximate surface area is 201 Å². The second-order valence-electron chi connectivity index (χ2n) is 9.59. The Kier molecular flexibility index (Phi) is 14.6. The number of hydrogen-bond donors (Lipinski definition) is 1. The highest BCUT2D eigenvalue weighted by Crippen LogP contribution is 2.48. The van der Waals surface area contributed by atoms with Crippen molar-refractivity contribution in [2.45, 2.75) is 124 Å². The fraction of sp³-hybridized carbons (Fsp3) is 0.889. The molecule has 0 aromatic heterocycles. The highest BCUT2D eigenvalue weighted by molar-refractivity contribution is 6.05. The lowest BCUT2D eigenvalue weighted by molar-refractivity contribution is -0.162. The lowest BCUT2D eigenvalue weighted by atomic mass is 9.70. The van der Waals surface area contributed by atoms with E-state index < -0.39 is 5.41 Å². The summed E-state index contributed by atoms with van der Waals surface area (Å²) in [6, 6.07) is 0. The molecule has 0 amide bonds. The molecule has 0 heterocycles. The summed E-state index contributed by atoms with van der Waals surface area (Å²) < 4.78 is 10.5. The van der Waals surface area contributed by atoms with E-state index in [1.165, 1.54) is 0 Å². The maximum atomic E-state index is 13.1. The van der Waals surface area contributed by atoms with Crippen LogP contribution in [0.5, 0.6) is 0 Å². The van der Waals surface area contributed by atoms with Gasteiger partial charge in [0.2, 0.25) is 0 Å². The minimum Gasteiger partial charge on any atom is -0.466 e. The zero-order chi connectivity index (χ0) is 24.7. The number of carbonyl (C=O) groups is 3. The van der Waals surface area contributed by atoms with Gasteiger partial charge in [-0.1, -0.05) is 52.4 Å². The molecule has 0 aromatic rings. The van der Waals surface area contributed by atoms with E-state index in [9.17, 15) is 19.5 Å². The summed E-state index contributed by atoms with van der Waals surface area (Å²) in [4.78, 5) is 37.9. The van der Waals surface area contributed by atoms with Crippen molar-refractivity contribution in [2.75, 3.05) is 13.2 Å². The zero-order valence-corrected chi connectivity index (χ0v) is 21.5. The second-order valence-corrected chi connectivity index (χ2v) is 9.59. The summed E-state index contributed by atoms with van der Waals surface area (Å²) in [7, 11) is 0. The second kappa shape index (κ2) is 16.2. The van der Waals surface area contributed by atoms with Crippen molar-refractivity contribution < 1.29 is 29.0 Å². The van der Waals surface area contributed by atoms with Crippen LogP contribution in [0.25, 0.3) is 0 Å². The van der Waals surface area contributed by atoms with Crippen molar-refractivity contribution in [1.82, 2.24) is 0 Å². The topological polar surface area (TPSA) is 89.9 Å². The molecule has 4 unspecified atom stereocenters. The molecule has 1 saturated carbocycles. The Morgan fingerprint density at radius 3 is 2.36 bits per heavy atom. The number of esters is 2. The minimum atomic E-state index is -1.07. The highest BCUT2D eigenvalue weighted by atomic mass is 16.5. The predicted octanol–water partition coefficient (Wildman–Crippen LogP) is 5.78. The average Bonchev–Trinajstić information content (AvgIpc) is 3.11. The van der Waals surface area contributed by atoms with E-state index >= 15 is 0 Å². The first-order valence-corrected chi connectivity index (χ1v) is 13.4. The first-order valence-electron chi connectivity index (χ1n) is 13.4. The van der Waals surface area contributed by atoms with Crippen LogP contribution in [0.4, 0.5) is 0 Å². The highest BCUT2D eigenvalue weighted by Gasteiger charge is 2.55. The standard InChI is InChI=1S/C27H48O6/c1-5-9-10-13-23(28)17-15-22-16-18-24(29)27(22,26(31)33-8-4)20-11-12-21(6-2)14-19-25(30)32-7-3/h21-23,28H,5-20H2,1-4H3. The van der Waals surface area contributed by atoms with Crippen molar-refractivity contribution in [3.63, 3.8) is 0 Å². The monoisotopic (exact) mass is 468 g/mol. The van der Waals surface area contributed by atoms with E-state index in [1.54, 1.807) is 6.92 Å². The molecule has 0 aromatic carbocycles. The number of hydrogen-bond acceptors (Lipinski definition) is 6. The van der Waals surface area contributed by atoms with Gasteiger partial charge in [0.15, 0.2) is 0 Å². The third-order valence-electron chi connectivity index (χ3n) is 7.37. The molecule has 0 bridgehead atoms. The molecule has 0 aliphatic heterocycles. The molecule has 192 valence electrons. The average molecular weight is 469 g/mol. The molecule has 0 spiro atoms. The van der Waals surface area contributed by atoms with Crippen molar-refractivity contribution in [3.8, 4) is 0 Å². The van der Waals surface area contributed by atoms with Crippen LogP contribution in [-0.2, 0) is 23.9 Å². The fourth-order valence-electron chi connectivity index (χ4n) is 5.32. The maximum Gasteiger partial charge on any atom is 0.319 e. The summed E-state index contributed by atoms with van der Waals surface area (Å²) in [5.41, 5.74) is -1.07.